The van der Waals surface area contributed by atoms with Gasteiger partial charge in [0.05, 0.1) is 42.6 Å². The minimum absolute atomic E-state index is 0.138. The molecule has 1 aromatic carbocycles. The first-order valence-electron chi connectivity index (χ1n) is 10.9. The number of pyridine rings is 1. The van der Waals surface area contributed by atoms with E-state index >= 15 is 0 Å². The number of ether oxygens (including phenoxy) is 3. The SMILES string of the molecule is COc1cc2nc(C)nc(N[C@H](C)c3cc(C(F)(F)F)cc(N)n3)c2cc1OCCOC1CC1. The predicted octanol–water partition coefficient (Wildman–Crippen LogP) is 4.67. The minimum atomic E-state index is -4.53. The number of fused-ring (bicyclic) bond motifs is 1. The Morgan fingerprint density at radius 3 is 2.53 bits per heavy atom. The van der Waals surface area contributed by atoms with Crippen LogP contribution in [0.3, 0.4) is 0 Å². The molecule has 1 saturated carbocycles. The predicted molar refractivity (Wildman–Crippen MR) is 121 cm³/mol. The van der Waals surface area contributed by atoms with Gasteiger partial charge in [0.2, 0.25) is 0 Å². The molecule has 1 aliphatic carbocycles. The summed E-state index contributed by atoms with van der Waals surface area (Å²) in [5.41, 5.74) is 5.50. The van der Waals surface area contributed by atoms with E-state index in [1.54, 1.807) is 26.0 Å². The van der Waals surface area contributed by atoms with Gasteiger partial charge in [0, 0.05) is 11.5 Å². The van der Waals surface area contributed by atoms with Crippen LogP contribution in [0.25, 0.3) is 10.9 Å². The van der Waals surface area contributed by atoms with Gasteiger partial charge in [0.1, 0.15) is 24.1 Å². The fourth-order valence-corrected chi connectivity index (χ4v) is 3.47. The number of nitrogen functional groups attached to an aromatic ring is 1. The Kier molecular flexibility index (Phi) is 6.65. The van der Waals surface area contributed by atoms with Crippen molar-refractivity contribution >= 4 is 22.5 Å². The number of halogens is 3. The molecular formula is C23H26F3N5O3. The van der Waals surface area contributed by atoms with Crippen LogP contribution in [0.4, 0.5) is 24.8 Å². The highest BCUT2D eigenvalue weighted by Crippen LogP contribution is 2.36. The van der Waals surface area contributed by atoms with Gasteiger partial charge in [-0.05, 0) is 44.9 Å². The lowest BCUT2D eigenvalue weighted by molar-refractivity contribution is -0.137. The minimum Gasteiger partial charge on any atom is -0.493 e. The van der Waals surface area contributed by atoms with Gasteiger partial charge in [0.15, 0.2) is 11.5 Å². The number of rotatable bonds is 9. The molecular weight excluding hydrogens is 451 g/mol. The van der Waals surface area contributed by atoms with Crippen molar-refractivity contribution in [1.29, 1.82) is 0 Å². The van der Waals surface area contributed by atoms with Crippen LogP contribution in [0.2, 0.25) is 0 Å². The highest BCUT2D eigenvalue weighted by atomic mass is 19.4. The molecule has 2 aromatic heterocycles. The summed E-state index contributed by atoms with van der Waals surface area (Å²) in [6, 6.07) is 4.64. The second-order valence-corrected chi connectivity index (χ2v) is 8.13. The molecule has 4 rings (SSSR count). The molecule has 11 heteroatoms. The third kappa shape index (κ3) is 5.58. The van der Waals surface area contributed by atoms with E-state index in [1.807, 2.05) is 0 Å². The Labute approximate surface area is 194 Å². The number of nitrogens with zero attached hydrogens (tertiary/aromatic N) is 3. The summed E-state index contributed by atoms with van der Waals surface area (Å²) in [5.74, 6) is 1.68. The molecule has 0 bridgehead atoms. The number of benzene rings is 1. The third-order valence-corrected chi connectivity index (χ3v) is 5.30. The van der Waals surface area contributed by atoms with Crippen molar-refractivity contribution in [1.82, 2.24) is 15.0 Å². The average Bonchev–Trinajstić information content (AvgIpc) is 3.59. The molecule has 1 atom stereocenters. The lowest BCUT2D eigenvalue weighted by Gasteiger charge is -2.19. The van der Waals surface area contributed by atoms with Crippen LogP contribution >= 0.6 is 0 Å². The largest absolute Gasteiger partial charge is 0.493 e. The fourth-order valence-electron chi connectivity index (χ4n) is 3.47. The molecule has 1 aliphatic rings. The van der Waals surface area contributed by atoms with Gasteiger partial charge in [-0.2, -0.15) is 13.2 Å². The number of hydrogen-bond donors (Lipinski definition) is 2. The van der Waals surface area contributed by atoms with E-state index in [0.29, 0.717) is 53.4 Å². The number of nitrogens with two attached hydrogens (primary N) is 1. The van der Waals surface area contributed by atoms with Crippen molar-refractivity contribution in [2.24, 2.45) is 0 Å². The van der Waals surface area contributed by atoms with Crippen molar-refractivity contribution in [2.75, 3.05) is 31.4 Å². The molecule has 182 valence electrons. The molecule has 0 radical (unpaired) electrons. The van der Waals surface area contributed by atoms with Crippen molar-refractivity contribution in [2.45, 2.75) is 45.0 Å². The Hall–Kier alpha value is -3.34. The second-order valence-electron chi connectivity index (χ2n) is 8.13. The monoisotopic (exact) mass is 477 g/mol. The van der Waals surface area contributed by atoms with Gasteiger partial charge in [-0.3, -0.25) is 0 Å². The second kappa shape index (κ2) is 9.49. The summed E-state index contributed by atoms with van der Waals surface area (Å²) in [6.45, 7) is 4.21. The maximum atomic E-state index is 13.2. The van der Waals surface area contributed by atoms with Crippen molar-refractivity contribution in [3.8, 4) is 11.5 Å². The first kappa shape index (κ1) is 23.8. The molecule has 34 heavy (non-hydrogen) atoms. The highest BCUT2D eigenvalue weighted by Gasteiger charge is 2.32. The summed E-state index contributed by atoms with van der Waals surface area (Å²) >= 11 is 0. The topological polar surface area (TPSA) is 104 Å². The van der Waals surface area contributed by atoms with Crippen LogP contribution < -0.4 is 20.5 Å². The normalized spacial score (nSPS) is 14.8. The molecule has 0 saturated heterocycles. The van der Waals surface area contributed by atoms with Crippen molar-refractivity contribution in [3.05, 3.63) is 41.3 Å². The summed E-state index contributed by atoms with van der Waals surface area (Å²) < 4.78 is 56.6. The van der Waals surface area contributed by atoms with Crippen LogP contribution in [0.5, 0.6) is 11.5 Å². The summed E-state index contributed by atoms with van der Waals surface area (Å²) in [5, 5.41) is 3.77. The van der Waals surface area contributed by atoms with Gasteiger partial charge in [-0.15, -0.1) is 0 Å². The molecule has 3 aromatic rings. The highest BCUT2D eigenvalue weighted by molar-refractivity contribution is 5.92. The van der Waals surface area contributed by atoms with E-state index in [4.69, 9.17) is 19.9 Å². The Bertz CT molecular complexity index is 1180. The van der Waals surface area contributed by atoms with Gasteiger partial charge in [0.25, 0.3) is 0 Å². The van der Waals surface area contributed by atoms with Gasteiger partial charge < -0.3 is 25.3 Å². The maximum Gasteiger partial charge on any atom is 0.416 e. The quantitative estimate of drug-likeness (QED) is 0.429. The van der Waals surface area contributed by atoms with Gasteiger partial charge in [-0.25, -0.2) is 15.0 Å². The molecule has 0 amide bonds. The van der Waals surface area contributed by atoms with Crippen LogP contribution in [0.1, 0.15) is 42.9 Å². The molecule has 0 spiro atoms. The Morgan fingerprint density at radius 2 is 1.85 bits per heavy atom. The van der Waals surface area contributed by atoms with E-state index in [0.717, 1.165) is 25.0 Å². The number of alkyl halides is 3. The summed E-state index contributed by atoms with van der Waals surface area (Å²) in [6.07, 6.45) is -2.05. The first-order chi connectivity index (χ1) is 16.1. The smallest absolute Gasteiger partial charge is 0.416 e. The van der Waals surface area contributed by atoms with E-state index in [-0.39, 0.29) is 11.5 Å². The molecule has 1 fully saturated rings. The number of methoxy groups -OCH3 is 1. The number of hydrogen-bond acceptors (Lipinski definition) is 8. The van der Waals surface area contributed by atoms with E-state index in [2.05, 4.69) is 20.3 Å². The van der Waals surface area contributed by atoms with Gasteiger partial charge in [-0.1, -0.05) is 0 Å². The van der Waals surface area contributed by atoms with Crippen LogP contribution in [-0.2, 0) is 10.9 Å². The average molecular weight is 477 g/mol. The van der Waals surface area contributed by atoms with Gasteiger partial charge >= 0.3 is 6.18 Å². The first-order valence-corrected chi connectivity index (χ1v) is 10.9. The third-order valence-electron chi connectivity index (χ3n) is 5.30. The van der Waals surface area contributed by atoms with Crippen LogP contribution in [0, 0.1) is 6.92 Å². The lowest BCUT2D eigenvalue weighted by Crippen LogP contribution is -2.15. The number of anilines is 2. The molecule has 2 heterocycles. The zero-order chi connectivity index (χ0) is 24.5. The van der Waals surface area contributed by atoms with Crippen LogP contribution in [-0.4, -0.2) is 41.4 Å². The Morgan fingerprint density at radius 1 is 1.09 bits per heavy atom. The van der Waals surface area contributed by atoms with Crippen LogP contribution in [0.15, 0.2) is 24.3 Å². The van der Waals surface area contributed by atoms with E-state index in [9.17, 15) is 13.2 Å². The Balaban J connectivity index is 1.63. The number of aromatic nitrogens is 3. The number of nitrogens with one attached hydrogen (secondary N) is 1. The van der Waals surface area contributed by atoms with Crippen molar-refractivity contribution < 1.29 is 27.4 Å². The fraction of sp³-hybridized carbons (Fsp3) is 0.435. The lowest BCUT2D eigenvalue weighted by atomic mass is 10.1. The maximum absolute atomic E-state index is 13.2. The molecule has 8 nitrogen and oxygen atoms in total. The number of aryl methyl sites for hydroxylation is 1. The zero-order valence-electron chi connectivity index (χ0n) is 19.1. The zero-order valence-corrected chi connectivity index (χ0v) is 19.1. The summed E-state index contributed by atoms with van der Waals surface area (Å²) in [7, 11) is 1.54. The summed E-state index contributed by atoms with van der Waals surface area (Å²) in [4.78, 5) is 13.0. The standard InChI is InChI=1S/C23H26F3N5O3/c1-12(17-8-14(23(24,25)26)9-21(27)31-17)28-22-16-10-20(34-7-6-33-15-4-5-15)19(32-3)11-18(16)29-13(2)30-22/h8-12,15H,4-7H2,1-3H3,(H2,27,31)(H,28,29,30)/t12-/m1/s1. The molecule has 0 aliphatic heterocycles. The molecule has 3 N–H and O–H groups in total. The molecule has 0 unspecified atom stereocenters. The van der Waals surface area contributed by atoms with Crippen molar-refractivity contribution in [3.63, 3.8) is 0 Å². The van der Waals surface area contributed by atoms with E-state index < -0.39 is 17.8 Å². The van der Waals surface area contributed by atoms with E-state index in [1.165, 1.54) is 7.11 Å².